The van der Waals surface area contributed by atoms with Crippen LogP contribution >= 0.6 is 0 Å². The van der Waals surface area contributed by atoms with Gasteiger partial charge in [0.05, 0.1) is 6.61 Å². The lowest BCUT2D eigenvalue weighted by molar-refractivity contribution is -0.151. The first-order chi connectivity index (χ1) is 9.04. The maximum absolute atomic E-state index is 12.2. The average molecular weight is 269 g/mol. The van der Waals surface area contributed by atoms with Gasteiger partial charge in [-0.05, 0) is 33.2 Å². The molecule has 108 valence electrons. The lowest BCUT2D eigenvalue weighted by Crippen LogP contribution is -2.51. The largest absolute Gasteiger partial charge is 0.464 e. The van der Waals surface area contributed by atoms with Crippen LogP contribution in [-0.2, 0) is 14.3 Å². The van der Waals surface area contributed by atoms with Crippen LogP contribution in [-0.4, -0.2) is 66.5 Å². The van der Waals surface area contributed by atoms with Crippen LogP contribution in [0, 0.1) is 0 Å². The summed E-state index contributed by atoms with van der Waals surface area (Å²) in [5.41, 5.74) is 5.68. The molecule has 0 aromatic carbocycles. The highest BCUT2D eigenvalue weighted by Gasteiger charge is 2.38. The highest BCUT2D eigenvalue weighted by atomic mass is 16.5. The minimum Gasteiger partial charge on any atom is -0.464 e. The monoisotopic (exact) mass is 269 g/mol. The Morgan fingerprint density at radius 1 is 1.32 bits per heavy atom. The van der Waals surface area contributed by atoms with Gasteiger partial charge in [0.25, 0.3) is 5.91 Å². The third-order valence-corrected chi connectivity index (χ3v) is 4.27. The molecule has 2 aliphatic rings. The van der Waals surface area contributed by atoms with E-state index in [1.807, 2.05) is 0 Å². The first kappa shape index (κ1) is 14.3. The Labute approximate surface area is 113 Å². The number of nitrogens with two attached hydrogens (primary N) is 1. The van der Waals surface area contributed by atoms with Gasteiger partial charge in [0.1, 0.15) is 0 Å². The van der Waals surface area contributed by atoms with Crippen molar-refractivity contribution in [1.82, 2.24) is 9.80 Å². The van der Waals surface area contributed by atoms with E-state index in [0.29, 0.717) is 25.2 Å². The zero-order chi connectivity index (χ0) is 14.0. The van der Waals surface area contributed by atoms with Crippen molar-refractivity contribution < 1.29 is 14.3 Å². The van der Waals surface area contributed by atoms with Gasteiger partial charge in [0.15, 0.2) is 6.04 Å². The zero-order valence-electron chi connectivity index (χ0n) is 11.7. The number of hydrogen-bond donors (Lipinski definition) is 1. The van der Waals surface area contributed by atoms with E-state index < -0.39 is 12.0 Å². The van der Waals surface area contributed by atoms with Crippen molar-refractivity contribution in [1.29, 1.82) is 0 Å². The molecular formula is C13H23N3O3. The van der Waals surface area contributed by atoms with Crippen LogP contribution in [0.25, 0.3) is 0 Å². The Morgan fingerprint density at radius 2 is 2.00 bits per heavy atom. The molecule has 3 unspecified atom stereocenters. The van der Waals surface area contributed by atoms with Crippen LogP contribution < -0.4 is 5.73 Å². The molecule has 1 amide bonds. The van der Waals surface area contributed by atoms with E-state index in [0.717, 1.165) is 12.8 Å². The molecule has 6 nitrogen and oxygen atoms in total. The summed E-state index contributed by atoms with van der Waals surface area (Å²) in [6, 6.07) is -0.227. The molecule has 2 bridgehead atoms. The average Bonchev–Trinajstić information content (AvgIpc) is 2.62. The number of nitrogens with zero attached hydrogens (tertiary/aromatic N) is 2. The third kappa shape index (κ3) is 2.90. The Bertz CT molecular complexity index is 361. The van der Waals surface area contributed by atoms with Crippen molar-refractivity contribution in [3.8, 4) is 0 Å². The Morgan fingerprint density at radius 3 is 2.68 bits per heavy atom. The number of carbonyl (C=O) groups is 2. The molecule has 0 saturated carbocycles. The summed E-state index contributed by atoms with van der Waals surface area (Å²) in [5.74, 6) is -0.935. The number of ether oxygens (including phenoxy) is 1. The van der Waals surface area contributed by atoms with E-state index in [2.05, 4.69) is 11.9 Å². The fourth-order valence-corrected chi connectivity index (χ4v) is 3.04. The first-order valence-corrected chi connectivity index (χ1v) is 6.97. The number of esters is 1. The van der Waals surface area contributed by atoms with Gasteiger partial charge in [-0.25, -0.2) is 4.79 Å². The van der Waals surface area contributed by atoms with E-state index in [1.165, 1.54) is 6.42 Å². The van der Waals surface area contributed by atoms with Gasteiger partial charge in [-0.15, -0.1) is 0 Å². The Kier molecular flexibility index (Phi) is 4.42. The summed E-state index contributed by atoms with van der Waals surface area (Å²) in [4.78, 5) is 27.8. The second kappa shape index (κ2) is 5.88. The molecule has 2 heterocycles. The second-order valence-electron chi connectivity index (χ2n) is 5.35. The Hall–Kier alpha value is -1.14. The zero-order valence-corrected chi connectivity index (χ0v) is 11.7. The molecule has 0 radical (unpaired) electrons. The summed E-state index contributed by atoms with van der Waals surface area (Å²) in [6.07, 6.45) is 3.26. The smallest absolute Gasteiger partial charge is 0.332 e. The number of amides is 1. The van der Waals surface area contributed by atoms with Crippen LogP contribution in [0.4, 0.5) is 0 Å². The van der Waals surface area contributed by atoms with Crippen molar-refractivity contribution in [3.63, 3.8) is 0 Å². The van der Waals surface area contributed by atoms with E-state index in [4.69, 9.17) is 10.5 Å². The van der Waals surface area contributed by atoms with E-state index in [-0.39, 0.29) is 12.5 Å². The predicted octanol–water partition coefficient (Wildman–Crippen LogP) is -0.428. The number of hydrogen-bond acceptors (Lipinski definition) is 5. The normalized spacial score (nSPS) is 28.9. The van der Waals surface area contributed by atoms with Crippen LogP contribution in [0.3, 0.4) is 0 Å². The van der Waals surface area contributed by atoms with Gasteiger partial charge in [0.2, 0.25) is 0 Å². The molecule has 2 rings (SSSR count). The number of fused-ring (bicyclic) bond motifs is 2. The maximum atomic E-state index is 12.2. The number of likely N-dealkylation sites (N-methyl/N-ethyl adjacent to an activating group) is 1. The SMILES string of the molecule is CCOC(=O)C(N)C(=O)N1CCC2CCC(C1)N2C. The molecule has 2 N–H and O–H groups in total. The quantitative estimate of drug-likeness (QED) is 0.556. The third-order valence-electron chi connectivity index (χ3n) is 4.27. The van der Waals surface area contributed by atoms with Crippen molar-refractivity contribution >= 4 is 11.9 Å². The molecule has 0 aromatic rings. The van der Waals surface area contributed by atoms with E-state index in [9.17, 15) is 9.59 Å². The summed E-state index contributed by atoms with van der Waals surface area (Å²) in [5, 5.41) is 0. The van der Waals surface area contributed by atoms with Gasteiger partial charge >= 0.3 is 5.97 Å². The summed E-state index contributed by atoms with van der Waals surface area (Å²) in [6.45, 7) is 3.29. The van der Waals surface area contributed by atoms with Crippen molar-refractivity contribution in [2.75, 3.05) is 26.7 Å². The van der Waals surface area contributed by atoms with Gasteiger partial charge < -0.3 is 15.4 Å². The molecule has 19 heavy (non-hydrogen) atoms. The number of rotatable bonds is 3. The highest BCUT2D eigenvalue weighted by Crippen LogP contribution is 2.28. The molecule has 0 spiro atoms. The lowest BCUT2D eigenvalue weighted by atomic mass is 10.1. The molecule has 2 fully saturated rings. The fourth-order valence-electron chi connectivity index (χ4n) is 3.04. The molecule has 2 aliphatic heterocycles. The minimum absolute atomic E-state index is 0.243. The molecular weight excluding hydrogens is 246 g/mol. The van der Waals surface area contributed by atoms with Crippen LogP contribution in [0.5, 0.6) is 0 Å². The van der Waals surface area contributed by atoms with Crippen molar-refractivity contribution in [2.24, 2.45) is 5.73 Å². The highest BCUT2D eigenvalue weighted by molar-refractivity contribution is 6.01. The van der Waals surface area contributed by atoms with Crippen molar-refractivity contribution in [2.45, 2.75) is 44.3 Å². The Balaban J connectivity index is 1.98. The summed E-state index contributed by atoms with van der Waals surface area (Å²) >= 11 is 0. The lowest BCUT2D eigenvalue weighted by Gasteiger charge is -2.27. The molecule has 0 aromatic heterocycles. The maximum Gasteiger partial charge on any atom is 0.332 e. The van der Waals surface area contributed by atoms with Gasteiger partial charge in [-0.2, -0.15) is 0 Å². The van der Waals surface area contributed by atoms with Gasteiger partial charge in [0, 0.05) is 25.2 Å². The molecule has 3 atom stereocenters. The number of likely N-dealkylation sites (tertiary alicyclic amines) is 1. The first-order valence-electron chi connectivity index (χ1n) is 6.97. The molecule has 6 heteroatoms. The second-order valence-corrected chi connectivity index (χ2v) is 5.35. The van der Waals surface area contributed by atoms with Gasteiger partial charge in [-0.3, -0.25) is 9.69 Å². The topological polar surface area (TPSA) is 75.9 Å². The summed E-state index contributed by atoms with van der Waals surface area (Å²) in [7, 11) is 2.11. The van der Waals surface area contributed by atoms with Gasteiger partial charge in [-0.1, -0.05) is 0 Å². The summed E-state index contributed by atoms with van der Waals surface area (Å²) < 4.78 is 4.81. The fraction of sp³-hybridized carbons (Fsp3) is 0.846. The molecule has 0 aliphatic carbocycles. The van der Waals surface area contributed by atoms with Crippen LogP contribution in [0.1, 0.15) is 26.2 Å². The molecule has 2 saturated heterocycles. The standard InChI is InChI=1S/C13H23N3O3/c1-3-19-13(18)11(14)12(17)16-7-6-9-4-5-10(8-16)15(9)2/h9-11H,3-8,14H2,1-2H3. The van der Waals surface area contributed by atoms with E-state index in [1.54, 1.807) is 11.8 Å². The minimum atomic E-state index is -1.18. The van der Waals surface area contributed by atoms with Crippen LogP contribution in [0.15, 0.2) is 0 Å². The van der Waals surface area contributed by atoms with E-state index >= 15 is 0 Å². The van der Waals surface area contributed by atoms with Crippen molar-refractivity contribution in [3.05, 3.63) is 0 Å². The predicted molar refractivity (Wildman–Crippen MR) is 70.4 cm³/mol. The number of carbonyl (C=O) groups excluding carboxylic acids is 2. The van der Waals surface area contributed by atoms with Crippen LogP contribution in [0.2, 0.25) is 0 Å².